The van der Waals surface area contributed by atoms with E-state index in [1.54, 1.807) is 22.8 Å². The van der Waals surface area contributed by atoms with Crippen molar-refractivity contribution in [2.45, 2.75) is 18.6 Å². The van der Waals surface area contributed by atoms with Crippen molar-refractivity contribution in [1.82, 2.24) is 0 Å². The number of alkyl halides is 4. The standard InChI is InChI=1S/C14H14F5NO2Si/c1-4-23(3,5-2)11-8-6-7-10(9-11)20-12(21)13(15,22-19)14(16,17)18/h4-9H,1-2H2,3H3,(H,20,21). The highest BCUT2D eigenvalue weighted by Gasteiger charge is 2.65. The first-order valence-electron chi connectivity index (χ1n) is 6.28. The number of rotatable bonds is 6. The first-order valence-corrected chi connectivity index (χ1v) is 8.94. The van der Waals surface area contributed by atoms with Crippen LogP contribution >= 0.6 is 0 Å². The van der Waals surface area contributed by atoms with Gasteiger partial charge in [-0.05, 0) is 21.8 Å². The molecule has 1 aromatic carbocycles. The van der Waals surface area contributed by atoms with Gasteiger partial charge in [-0.15, -0.1) is 18.1 Å². The van der Waals surface area contributed by atoms with Crippen LogP contribution in [0.1, 0.15) is 0 Å². The first kappa shape index (κ1) is 19.0. The Labute approximate surface area is 130 Å². The van der Waals surface area contributed by atoms with E-state index in [0.29, 0.717) is 5.19 Å². The summed E-state index contributed by atoms with van der Waals surface area (Å²) in [5.41, 5.74) is 3.19. The zero-order chi connectivity index (χ0) is 17.9. The van der Waals surface area contributed by atoms with Crippen molar-refractivity contribution in [3.05, 3.63) is 48.8 Å². The second-order valence-corrected chi connectivity index (χ2v) is 8.86. The van der Waals surface area contributed by atoms with Crippen LogP contribution in [-0.4, -0.2) is 26.0 Å². The van der Waals surface area contributed by atoms with Crippen LogP contribution in [0.3, 0.4) is 0 Å². The van der Waals surface area contributed by atoms with E-state index in [1.807, 2.05) is 6.55 Å². The molecule has 0 radical (unpaired) electrons. The third-order valence-electron chi connectivity index (χ3n) is 3.35. The van der Waals surface area contributed by atoms with Crippen LogP contribution in [0.15, 0.2) is 48.8 Å². The van der Waals surface area contributed by atoms with Gasteiger partial charge in [-0.2, -0.15) is 17.6 Å². The Morgan fingerprint density at radius 2 is 1.83 bits per heavy atom. The average Bonchev–Trinajstić information content (AvgIpc) is 2.52. The van der Waals surface area contributed by atoms with Crippen LogP contribution in [0.2, 0.25) is 6.55 Å². The minimum atomic E-state index is -5.87. The molecule has 9 heteroatoms. The Bertz CT molecular complexity index is 611. The number of hydrogen-bond acceptors (Lipinski definition) is 2. The lowest BCUT2D eigenvalue weighted by Gasteiger charge is -2.23. The molecular weight excluding hydrogens is 337 g/mol. The zero-order valence-corrected chi connectivity index (χ0v) is 13.1. The van der Waals surface area contributed by atoms with Crippen LogP contribution in [0.5, 0.6) is 0 Å². The maximum Gasteiger partial charge on any atom is 0.461 e. The van der Waals surface area contributed by atoms with E-state index in [2.05, 4.69) is 18.1 Å². The fourth-order valence-electron chi connectivity index (χ4n) is 1.67. The summed E-state index contributed by atoms with van der Waals surface area (Å²) in [5.74, 6) is -7.40. The number of amides is 1. The van der Waals surface area contributed by atoms with Gasteiger partial charge in [-0.25, -0.2) is 0 Å². The summed E-state index contributed by atoms with van der Waals surface area (Å²) in [4.78, 5) is 13.7. The number of halogens is 5. The molecule has 1 N–H and O–H groups in total. The van der Waals surface area contributed by atoms with Crippen molar-refractivity contribution in [1.29, 1.82) is 0 Å². The predicted molar refractivity (Wildman–Crippen MR) is 78.8 cm³/mol. The van der Waals surface area contributed by atoms with Crippen LogP contribution in [-0.2, 0) is 9.74 Å². The Morgan fingerprint density at radius 3 is 2.26 bits per heavy atom. The van der Waals surface area contributed by atoms with Crippen LogP contribution in [0, 0.1) is 0 Å². The van der Waals surface area contributed by atoms with Gasteiger partial charge in [0.05, 0.1) is 0 Å². The monoisotopic (exact) mass is 351 g/mol. The lowest BCUT2D eigenvalue weighted by Crippen LogP contribution is -2.52. The van der Waals surface area contributed by atoms with Crippen molar-refractivity contribution >= 4 is 24.9 Å². The second kappa shape index (κ2) is 6.63. The molecule has 1 rings (SSSR count). The molecule has 0 fully saturated rings. The van der Waals surface area contributed by atoms with Gasteiger partial charge in [0.1, 0.15) is 8.07 Å². The highest BCUT2D eigenvalue weighted by molar-refractivity contribution is 6.98. The van der Waals surface area contributed by atoms with E-state index >= 15 is 0 Å². The van der Waals surface area contributed by atoms with Gasteiger partial charge in [0.15, 0.2) is 0 Å². The predicted octanol–water partition coefficient (Wildman–Crippen LogP) is 3.49. The number of hydrogen-bond donors (Lipinski definition) is 1. The lowest BCUT2D eigenvalue weighted by molar-refractivity contribution is -0.379. The summed E-state index contributed by atoms with van der Waals surface area (Å²) in [6, 6.07) is 5.70. The Morgan fingerprint density at radius 1 is 1.26 bits per heavy atom. The summed E-state index contributed by atoms with van der Waals surface area (Å²) in [5, 5.41) is 2.32. The molecule has 0 spiro atoms. The molecule has 126 valence electrons. The van der Waals surface area contributed by atoms with Gasteiger partial charge in [-0.1, -0.05) is 30.1 Å². The number of carbonyl (C=O) groups excluding carboxylic acids is 1. The van der Waals surface area contributed by atoms with Crippen molar-refractivity contribution in [3.8, 4) is 0 Å². The summed E-state index contributed by atoms with van der Waals surface area (Å²) >= 11 is 0. The minimum absolute atomic E-state index is 0.141. The SMILES string of the molecule is C=C[Si](C)(C=C)c1cccc(NC(=O)C(F)(OF)C(F)(F)F)c1. The molecule has 0 aliphatic heterocycles. The summed E-state index contributed by atoms with van der Waals surface area (Å²) < 4.78 is 62.7. The third-order valence-corrected chi connectivity index (χ3v) is 6.60. The van der Waals surface area contributed by atoms with Gasteiger partial charge < -0.3 is 5.32 Å². The number of benzene rings is 1. The topological polar surface area (TPSA) is 38.3 Å². The fourth-order valence-corrected chi connectivity index (χ4v) is 3.23. The second-order valence-electron chi connectivity index (χ2n) is 4.90. The first-order chi connectivity index (χ1) is 10.5. The molecule has 1 amide bonds. The van der Waals surface area contributed by atoms with Crippen molar-refractivity contribution in [2.24, 2.45) is 0 Å². The molecule has 0 saturated carbocycles. The van der Waals surface area contributed by atoms with Gasteiger partial charge in [0.25, 0.3) is 0 Å². The van der Waals surface area contributed by atoms with E-state index in [4.69, 9.17) is 0 Å². The number of anilines is 1. The minimum Gasteiger partial charge on any atom is -0.321 e. The average molecular weight is 351 g/mol. The molecule has 23 heavy (non-hydrogen) atoms. The molecule has 0 bridgehead atoms. The number of carbonyl (C=O) groups is 1. The Hall–Kier alpha value is -2.00. The quantitative estimate of drug-likeness (QED) is 0.629. The molecule has 1 atom stereocenters. The van der Waals surface area contributed by atoms with Crippen molar-refractivity contribution < 1.29 is 31.8 Å². The molecule has 3 nitrogen and oxygen atoms in total. The molecule has 0 aliphatic carbocycles. The summed E-state index contributed by atoms with van der Waals surface area (Å²) in [7, 11) is -2.29. The van der Waals surface area contributed by atoms with Gasteiger partial charge in [-0.3, -0.25) is 4.79 Å². The van der Waals surface area contributed by atoms with Gasteiger partial charge in [0.2, 0.25) is 0 Å². The maximum absolute atomic E-state index is 13.4. The van der Waals surface area contributed by atoms with E-state index in [1.165, 1.54) is 18.2 Å². The normalized spacial score (nSPS) is 14.7. The molecule has 0 heterocycles. The molecule has 0 aromatic heterocycles. The molecule has 1 aromatic rings. The van der Waals surface area contributed by atoms with E-state index < -0.39 is 26.0 Å². The van der Waals surface area contributed by atoms with Gasteiger partial charge in [0, 0.05) is 5.69 Å². The van der Waals surface area contributed by atoms with Crippen LogP contribution < -0.4 is 10.5 Å². The van der Waals surface area contributed by atoms with Crippen LogP contribution in [0.4, 0.5) is 27.8 Å². The molecule has 0 aliphatic rings. The Kier molecular flexibility index (Phi) is 5.49. The fraction of sp³-hybridized carbons (Fsp3) is 0.214. The highest BCUT2D eigenvalue weighted by Crippen LogP contribution is 2.36. The molecular formula is C14H14F5NO2Si. The van der Waals surface area contributed by atoms with E-state index in [0.717, 1.165) is 0 Å². The molecule has 0 saturated heterocycles. The summed E-state index contributed by atoms with van der Waals surface area (Å²) in [6.45, 7) is 9.22. The maximum atomic E-state index is 13.4. The zero-order valence-electron chi connectivity index (χ0n) is 12.1. The van der Waals surface area contributed by atoms with E-state index in [9.17, 15) is 26.9 Å². The third kappa shape index (κ3) is 3.67. The largest absolute Gasteiger partial charge is 0.461 e. The molecule has 1 unspecified atom stereocenters. The summed E-state index contributed by atoms with van der Waals surface area (Å²) in [6.07, 6.45) is -5.87. The van der Waals surface area contributed by atoms with Gasteiger partial charge >= 0.3 is 17.9 Å². The van der Waals surface area contributed by atoms with E-state index in [-0.39, 0.29) is 5.69 Å². The highest BCUT2D eigenvalue weighted by atomic mass is 28.3. The van der Waals surface area contributed by atoms with Crippen LogP contribution in [0.25, 0.3) is 0 Å². The smallest absolute Gasteiger partial charge is 0.321 e. The van der Waals surface area contributed by atoms with Crippen molar-refractivity contribution in [3.63, 3.8) is 0 Å². The lowest BCUT2D eigenvalue weighted by atomic mass is 10.2. The Balaban J connectivity index is 3.14. The van der Waals surface area contributed by atoms with Crippen molar-refractivity contribution in [2.75, 3.05) is 5.32 Å². The number of nitrogens with one attached hydrogen (secondary N) is 1.